The van der Waals surface area contributed by atoms with Crippen LogP contribution in [0.15, 0.2) is 94.8 Å². The van der Waals surface area contributed by atoms with Crippen LogP contribution in [0.4, 0.5) is 5.13 Å². The Kier molecular flexibility index (Phi) is 8.07. The van der Waals surface area contributed by atoms with Gasteiger partial charge in [-0.3, -0.25) is 14.5 Å². The van der Waals surface area contributed by atoms with Crippen molar-refractivity contribution >= 4 is 68.1 Å². The second-order valence-corrected chi connectivity index (χ2v) is 12.2. The van der Waals surface area contributed by atoms with Crippen LogP contribution in [0.3, 0.4) is 0 Å². The van der Waals surface area contributed by atoms with Crippen LogP contribution in [-0.2, 0) is 15.3 Å². The van der Waals surface area contributed by atoms with Crippen LogP contribution in [0.25, 0.3) is 16.5 Å². The van der Waals surface area contributed by atoms with Gasteiger partial charge in [-0.1, -0.05) is 89.3 Å². The third-order valence-electron chi connectivity index (χ3n) is 7.12. The molecule has 0 bridgehead atoms. The van der Waals surface area contributed by atoms with E-state index in [4.69, 9.17) is 21.1 Å². The normalized spacial score (nSPS) is 16.2. The van der Waals surface area contributed by atoms with Gasteiger partial charge in [0.15, 0.2) is 15.8 Å². The molecule has 1 atom stereocenters. The number of fused-ring (bicyclic) bond motifs is 1. The summed E-state index contributed by atoms with van der Waals surface area (Å²) in [6.45, 7) is 0. The summed E-state index contributed by atoms with van der Waals surface area (Å²) in [6, 6.07) is 24.9. The Balaban J connectivity index is 1.38. The monoisotopic (exact) mass is 629 g/mol. The van der Waals surface area contributed by atoms with Crippen LogP contribution in [0.5, 0.6) is 11.5 Å². The number of rotatable bonds is 8. The lowest BCUT2D eigenvalue weighted by Crippen LogP contribution is -2.29. The molecule has 0 aliphatic carbocycles. The van der Waals surface area contributed by atoms with E-state index in [2.05, 4.69) is 34.5 Å². The van der Waals surface area contributed by atoms with Gasteiger partial charge in [-0.05, 0) is 52.2 Å². The number of hydrogen-bond donors (Lipinski definition) is 1. The number of Topliss-reactive ketones (excluding diaryl/α,β-unsaturated/α-hetero) is 1. The predicted octanol–water partition coefficient (Wildman–Crippen LogP) is 7.28. The molecule has 1 unspecified atom stereocenters. The van der Waals surface area contributed by atoms with Crippen LogP contribution < -0.4 is 14.4 Å². The Bertz CT molecular complexity index is 1880. The van der Waals surface area contributed by atoms with E-state index >= 15 is 0 Å². The fraction of sp³-hybridized carbons (Fsp3) is 0.125. The van der Waals surface area contributed by atoms with E-state index in [0.717, 1.165) is 16.3 Å². The van der Waals surface area contributed by atoms with E-state index < -0.39 is 17.7 Å². The van der Waals surface area contributed by atoms with Crippen LogP contribution in [0.1, 0.15) is 22.7 Å². The second kappa shape index (κ2) is 12.1. The maximum absolute atomic E-state index is 13.6. The van der Waals surface area contributed by atoms with Crippen molar-refractivity contribution < 1.29 is 24.2 Å². The lowest BCUT2D eigenvalue weighted by atomic mass is 9.95. The zero-order valence-electron chi connectivity index (χ0n) is 23.0. The Hall–Kier alpha value is -4.38. The molecule has 8 nitrogen and oxygen atoms in total. The first-order valence-corrected chi connectivity index (χ1v) is 15.3. The lowest BCUT2D eigenvalue weighted by Gasteiger charge is -2.22. The minimum Gasteiger partial charge on any atom is -0.507 e. The number of aliphatic hydroxyl groups excluding tert-OH is 1. The van der Waals surface area contributed by atoms with Gasteiger partial charge in [0.1, 0.15) is 5.76 Å². The van der Waals surface area contributed by atoms with E-state index in [-0.39, 0.29) is 16.5 Å². The number of ketones is 1. The number of hydrogen-bond acceptors (Lipinski definition) is 9. The van der Waals surface area contributed by atoms with Crippen molar-refractivity contribution in [3.8, 4) is 11.5 Å². The molecule has 0 spiro atoms. The number of anilines is 1. The van der Waals surface area contributed by atoms with Gasteiger partial charge in [-0.25, -0.2) is 0 Å². The first kappa shape index (κ1) is 28.7. The number of aliphatic hydroxyl groups is 1. The third kappa shape index (κ3) is 5.45. The minimum absolute atomic E-state index is 0.0836. The van der Waals surface area contributed by atoms with E-state index in [0.29, 0.717) is 37.7 Å². The molecule has 1 aliphatic heterocycles. The predicted molar refractivity (Wildman–Crippen MR) is 169 cm³/mol. The zero-order valence-corrected chi connectivity index (χ0v) is 25.4. The largest absolute Gasteiger partial charge is 0.507 e. The number of nitrogens with zero attached hydrogens (tertiary/aromatic N) is 3. The second-order valence-electron chi connectivity index (χ2n) is 9.57. The molecule has 1 amide bonds. The highest BCUT2D eigenvalue weighted by atomic mass is 35.5. The van der Waals surface area contributed by atoms with Crippen molar-refractivity contribution in [2.45, 2.75) is 16.1 Å². The summed E-state index contributed by atoms with van der Waals surface area (Å²) in [7, 11) is 2.97. The summed E-state index contributed by atoms with van der Waals surface area (Å²) in [4.78, 5) is 28.4. The van der Waals surface area contributed by atoms with Crippen LogP contribution in [-0.4, -0.2) is 41.2 Å². The van der Waals surface area contributed by atoms with Crippen LogP contribution in [0.2, 0.25) is 5.02 Å². The molecular weight excluding hydrogens is 606 g/mol. The van der Waals surface area contributed by atoms with Crippen molar-refractivity contribution in [1.29, 1.82) is 0 Å². The maximum Gasteiger partial charge on any atom is 0.301 e. The molecule has 1 aromatic heterocycles. The zero-order chi connectivity index (χ0) is 30.1. The molecule has 11 heteroatoms. The Morgan fingerprint density at radius 3 is 2.47 bits per heavy atom. The van der Waals surface area contributed by atoms with Gasteiger partial charge in [0.25, 0.3) is 5.78 Å². The molecule has 5 aromatic rings. The molecule has 1 aliphatic rings. The fourth-order valence-corrected chi connectivity index (χ4v) is 7.04. The summed E-state index contributed by atoms with van der Waals surface area (Å²) >= 11 is 8.86. The summed E-state index contributed by atoms with van der Waals surface area (Å²) in [5.41, 5.74) is 1.93. The van der Waals surface area contributed by atoms with Gasteiger partial charge in [-0.2, -0.15) is 0 Å². The summed E-state index contributed by atoms with van der Waals surface area (Å²) in [6.07, 6.45) is 0. The van der Waals surface area contributed by atoms with Gasteiger partial charge in [0.2, 0.25) is 5.13 Å². The third-order valence-corrected chi connectivity index (χ3v) is 9.48. The van der Waals surface area contributed by atoms with Crippen molar-refractivity contribution in [3.05, 3.63) is 112 Å². The van der Waals surface area contributed by atoms with Crippen molar-refractivity contribution in [2.24, 2.45) is 0 Å². The molecule has 216 valence electrons. The van der Waals surface area contributed by atoms with Gasteiger partial charge < -0.3 is 14.6 Å². The van der Waals surface area contributed by atoms with Crippen LogP contribution in [0, 0.1) is 0 Å². The first-order chi connectivity index (χ1) is 20.9. The average Bonchev–Trinajstić information content (AvgIpc) is 3.61. The van der Waals surface area contributed by atoms with Gasteiger partial charge in [-0.15, -0.1) is 10.2 Å². The highest BCUT2D eigenvalue weighted by molar-refractivity contribution is 8.00. The molecule has 0 saturated carbocycles. The molecule has 1 N–H and O–H groups in total. The number of carbonyl (C=O) groups is 2. The molecule has 1 fully saturated rings. The summed E-state index contributed by atoms with van der Waals surface area (Å²) < 4.78 is 11.3. The minimum atomic E-state index is -0.964. The quantitative estimate of drug-likeness (QED) is 0.0628. The average molecular weight is 630 g/mol. The van der Waals surface area contributed by atoms with Crippen molar-refractivity contribution in [2.75, 3.05) is 19.1 Å². The molecule has 0 radical (unpaired) electrons. The molecule has 4 aromatic carbocycles. The van der Waals surface area contributed by atoms with E-state index in [9.17, 15) is 14.7 Å². The Labute approximate surface area is 260 Å². The van der Waals surface area contributed by atoms with Gasteiger partial charge in [0.05, 0.1) is 25.8 Å². The van der Waals surface area contributed by atoms with Crippen molar-refractivity contribution in [3.63, 3.8) is 0 Å². The molecule has 43 heavy (non-hydrogen) atoms. The number of amides is 1. The Morgan fingerprint density at radius 1 is 0.953 bits per heavy atom. The number of benzene rings is 4. The highest BCUT2D eigenvalue weighted by Crippen LogP contribution is 2.45. The lowest BCUT2D eigenvalue weighted by molar-refractivity contribution is -0.132. The van der Waals surface area contributed by atoms with Crippen LogP contribution >= 0.6 is 34.7 Å². The van der Waals surface area contributed by atoms with E-state index in [1.807, 2.05) is 18.2 Å². The molecule has 1 saturated heterocycles. The topological polar surface area (TPSA) is 102 Å². The number of aromatic nitrogens is 2. The summed E-state index contributed by atoms with van der Waals surface area (Å²) in [5, 5.41) is 23.1. The molecule has 6 rings (SSSR count). The number of halogens is 1. The number of carbonyl (C=O) groups excluding carboxylic acids is 2. The van der Waals surface area contributed by atoms with E-state index in [1.54, 1.807) is 42.5 Å². The SMILES string of the molecule is COc1ccc(/C(O)=C2/C(=O)C(=O)N(c3nnc(SCc4cccc5ccccc45)s3)C2c2ccc(Cl)cc2)cc1OC. The standard InChI is InChI=1S/C32H24ClN3O5S2/c1-40-24-15-12-20(16-25(24)41-2)28(37)26-27(19-10-13-22(33)14-11-19)36(30(39)29(26)38)31-34-35-32(43-31)42-17-21-8-5-7-18-6-3-4-9-23(18)21/h3-16,27,37H,17H2,1-2H3/b28-26-. The number of methoxy groups -OCH3 is 2. The summed E-state index contributed by atoms with van der Waals surface area (Å²) in [5.74, 6) is -0.542. The van der Waals surface area contributed by atoms with Gasteiger partial charge in [0, 0.05) is 16.3 Å². The number of ether oxygens (including phenoxy) is 2. The maximum atomic E-state index is 13.6. The smallest absolute Gasteiger partial charge is 0.301 e. The van der Waals surface area contributed by atoms with Gasteiger partial charge >= 0.3 is 5.91 Å². The van der Waals surface area contributed by atoms with E-state index in [1.165, 1.54) is 42.2 Å². The fourth-order valence-electron chi connectivity index (χ4n) is 5.05. The van der Waals surface area contributed by atoms with Crippen molar-refractivity contribution in [1.82, 2.24) is 10.2 Å². The first-order valence-electron chi connectivity index (χ1n) is 13.1. The Morgan fingerprint density at radius 2 is 1.70 bits per heavy atom. The molecule has 2 heterocycles. The highest BCUT2D eigenvalue weighted by Gasteiger charge is 2.48. The number of thioether (sulfide) groups is 1. The molecular formula is C32H24ClN3O5S2.